The van der Waals surface area contributed by atoms with Gasteiger partial charge in [-0.1, -0.05) is 11.8 Å². The number of nitrogens with one attached hydrogen (secondary N) is 2. The number of nitriles is 1. The van der Waals surface area contributed by atoms with Crippen LogP contribution in [0.15, 0.2) is 32.8 Å². The van der Waals surface area contributed by atoms with Crippen LogP contribution in [-0.2, 0) is 22.4 Å². The molecule has 0 aromatic carbocycles. The Bertz CT molecular complexity index is 1270. The Morgan fingerprint density at radius 3 is 3.00 bits per heavy atom. The fourth-order valence-corrected chi connectivity index (χ4v) is 5.38. The van der Waals surface area contributed by atoms with E-state index >= 15 is 0 Å². The van der Waals surface area contributed by atoms with E-state index in [0.29, 0.717) is 10.6 Å². The molecule has 2 N–H and O–H groups in total. The molecule has 1 aliphatic carbocycles. The maximum atomic E-state index is 12.6. The van der Waals surface area contributed by atoms with Gasteiger partial charge in [-0.25, -0.2) is 9.78 Å². The van der Waals surface area contributed by atoms with E-state index in [1.165, 1.54) is 17.6 Å². The minimum absolute atomic E-state index is 0.0583. The number of nitrogens with zero attached hydrogens (tertiary/aromatic N) is 2. The van der Waals surface area contributed by atoms with Crippen molar-refractivity contribution in [3.8, 4) is 17.5 Å². The molecule has 0 fully saturated rings. The first-order chi connectivity index (χ1) is 15.5. The van der Waals surface area contributed by atoms with E-state index in [-0.39, 0.29) is 40.4 Å². The molecule has 1 amide bonds. The summed E-state index contributed by atoms with van der Waals surface area (Å²) in [6.07, 6.45) is 4.06. The number of H-pyrrole nitrogens is 1. The van der Waals surface area contributed by atoms with Crippen LogP contribution >= 0.6 is 23.1 Å². The summed E-state index contributed by atoms with van der Waals surface area (Å²) in [7, 11) is 0. The number of amides is 1. The fraction of sp³-hybridized carbons (Fsp3) is 0.286. The zero-order chi connectivity index (χ0) is 22.7. The molecule has 9 nitrogen and oxygen atoms in total. The van der Waals surface area contributed by atoms with E-state index in [1.807, 2.05) is 6.07 Å². The zero-order valence-electron chi connectivity index (χ0n) is 17.0. The molecule has 32 heavy (non-hydrogen) atoms. The van der Waals surface area contributed by atoms with Gasteiger partial charge in [0.25, 0.3) is 5.56 Å². The lowest BCUT2D eigenvalue weighted by molar-refractivity contribution is -0.113. The minimum atomic E-state index is -0.615. The van der Waals surface area contributed by atoms with Crippen LogP contribution in [0.25, 0.3) is 11.5 Å². The van der Waals surface area contributed by atoms with Gasteiger partial charge in [-0.05, 0) is 43.9 Å². The van der Waals surface area contributed by atoms with Crippen molar-refractivity contribution >= 4 is 40.0 Å². The molecule has 0 spiro atoms. The average Bonchev–Trinajstić information content (AvgIpc) is 3.49. The van der Waals surface area contributed by atoms with E-state index < -0.39 is 11.5 Å². The van der Waals surface area contributed by atoms with E-state index in [0.717, 1.165) is 41.5 Å². The molecule has 0 bridgehead atoms. The summed E-state index contributed by atoms with van der Waals surface area (Å²) in [5.74, 6) is -0.564. The number of aromatic amines is 1. The molecular formula is C21H18N4O5S2. The highest BCUT2D eigenvalue weighted by atomic mass is 32.2. The van der Waals surface area contributed by atoms with E-state index in [2.05, 4.69) is 15.3 Å². The van der Waals surface area contributed by atoms with Crippen LogP contribution in [0.3, 0.4) is 0 Å². The first-order valence-electron chi connectivity index (χ1n) is 9.84. The molecule has 3 aromatic rings. The number of carbonyl (C=O) groups excluding carboxylic acids is 2. The van der Waals surface area contributed by atoms with Crippen LogP contribution in [0.4, 0.5) is 5.00 Å². The molecule has 0 radical (unpaired) electrons. The molecule has 1 aliphatic rings. The highest BCUT2D eigenvalue weighted by molar-refractivity contribution is 7.99. The number of esters is 1. The van der Waals surface area contributed by atoms with E-state index in [9.17, 15) is 19.6 Å². The zero-order valence-corrected chi connectivity index (χ0v) is 18.7. The number of fused-ring (bicyclic) bond motifs is 1. The van der Waals surface area contributed by atoms with Crippen LogP contribution in [0.5, 0.6) is 0 Å². The SMILES string of the molecule is CCOC(=O)c1c(NC(=O)CSc2nc(-c3ccco3)c(C#N)c(=O)[nH]2)sc2c1CCC2. The summed E-state index contributed by atoms with van der Waals surface area (Å²) >= 11 is 2.40. The number of hydrogen-bond acceptors (Lipinski definition) is 9. The number of hydrogen-bond donors (Lipinski definition) is 2. The third-order valence-corrected chi connectivity index (χ3v) is 6.84. The average molecular weight is 471 g/mol. The molecule has 4 rings (SSSR count). The summed E-state index contributed by atoms with van der Waals surface area (Å²) < 4.78 is 10.4. The van der Waals surface area contributed by atoms with Crippen molar-refractivity contribution in [2.75, 3.05) is 17.7 Å². The van der Waals surface area contributed by atoms with Crippen LogP contribution < -0.4 is 10.9 Å². The Morgan fingerprint density at radius 1 is 1.44 bits per heavy atom. The number of thiophene rings is 1. The first kappa shape index (κ1) is 21.9. The highest BCUT2D eigenvalue weighted by Crippen LogP contribution is 2.39. The number of anilines is 1. The molecule has 164 valence electrons. The lowest BCUT2D eigenvalue weighted by Gasteiger charge is -2.08. The fourth-order valence-electron chi connectivity index (χ4n) is 3.42. The van der Waals surface area contributed by atoms with Crippen molar-refractivity contribution in [2.24, 2.45) is 0 Å². The summed E-state index contributed by atoms with van der Waals surface area (Å²) in [4.78, 5) is 45.2. The molecule has 0 aliphatic heterocycles. The Kier molecular flexibility index (Phi) is 6.43. The molecule has 3 aromatic heterocycles. The van der Waals surface area contributed by atoms with Gasteiger partial charge in [0.05, 0.1) is 24.2 Å². The topological polar surface area (TPSA) is 138 Å². The number of carbonyl (C=O) groups is 2. The van der Waals surface area contributed by atoms with Gasteiger partial charge in [-0.3, -0.25) is 9.59 Å². The summed E-state index contributed by atoms with van der Waals surface area (Å²) in [5, 5.41) is 12.7. The van der Waals surface area contributed by atoms with Gasteiger partial charge in [-0.15, -0.1) is 11.3 Å². The normalized spacial score (nSPS) is 12.2. The van der Waals surface area contributed by atoms with Gasteiger partial charge in [0, 0.05) is 4.88 Å². The molecular weight excluding hydrogens is 452 g/mol. The number of rotatable bonds is 7. The van der Waals surface area contributed by atoms with Crippen LogP contribution in [0, 0.1) is 11.3 Å². The van der Waals surface area contributed by atoms with Crippen molar-refractivity contribution in [3.05, 3.63) is 50.3 Å². The number of furan rings is 1. The van der Waals surface area contributed by atoms with Crippen molar-refractivity contribution in [3.63, 3.8) is 0 Å². The van der Waals surface area contributed by atoms with E-state index in [4.69, 9.17) is 9.15 Å². The Labute approximate surface area is 190 Å². The summed E-state index contributed by atoms with van der Waals surface area (Å²) in [6.45, 7) is 1.99. The van der Waals surface area contributed by atoms with Crippen molar-refractivity contribution in [1.82, 2.24) is 9.97 Å². The second-order valence-corrected chi connectivity index (χ2v) is 8.87. The highest BCUT2D eigenvalue weighted by Gasteiger charge is 2.28. The molecule has 0 saturated heterocycles. The molecule has 0 unspecified atom stereocenters. The van der Waals surface area contributed by atoms with Gasteiger partial charge < -0.3 is 19.5 Å². The number of aromatic nitrogens is 2. The lowest BCUT2D eigenvalue weighted by Crippen LogP contribution is -2.18. The van der Waals surface area contributed by atoms with Crippen molar-refractivity contribution < 1.29 is 18.7 Å². The molecule has 0 saturated carbocycles. The predicted octanol–water partition coefficient (Wildman–Crippen LogP) is 3.36. The van der Waals surface area contributed by atoms with Crippen molar-refractivity contribution in [2.45, 2.75) is 31.3 Å². The Morgan fingerprint density at radius 2 is 2.28 bits per heavy atom. The quantitative estimate of drug-likeness (QED) is 0.304. The number of thioether (sulfide) groups is 1. The molecule has 3 heterocycles. The third-order valence-electron chi connectivity index (χ3n) is 4.76. The van der Waals surface area contributed by atoms with Gasteiger partial charge in [0.1, 0.15) is 22.3 Å². The molecule has 0 atom stereocenters. The second-order valence-electron chi connectivity index (χ2n) is 6.80. The Balaban J connectivity index is 1.51. The van der Waals surface area contributed by atoms with Gasteiger partial charge in [0.2, 0.25) is 5.91 Å². The smallest absolute Gasteiger partial charge is 0.341 e. The maximum absolute atomic E-state index is 12.6. The summed E-state index contributed by atoms with van der Waals surface area (Å²) in [5.41, 5.74) is 0.728. The van der Waals surface area contributed by atoms with Crippen LogP contribution in [0.2, 0.25) is 0 Å². The van der Waals surface area contributed by atoms with Gasteiger partial charge in [-0.2, -0.15) is 5.26 Å². The van der Waals surface area contributed by atoms with Crippen LogP contribution in [0.1, 0.15) is 39.7 Å². The maximum Gasteiger partial charge on any atom is 0.341 e. The number of aryl methyl sites for hydroxylation is 1. The monoisotopic (exact) mass is 470 g/mol. The second kappa shape index (κ2) is 9.42. The lowest BCUT2D eigenvalue weighted by atomic mass is 10.1. The summed E-state index contributed by atoms with van der Waals surface area (Å²) in [6, 6.07) is 5.04. The van der Waals surface area contributed by atoms with Gasteiger partial charge >= 0.3 is 5.97 Å². The Hall–Kier alpha value is -3.36. The first-order valence-corrected chi connectivity index (χ1v) is 11.6. The standard InChI is InChI=1S/C21H18N4O5S2/c1-2-29-20(28)16-11-5-3-7-14(11)32-19(16)23-15(26)10-31-21-24-17(13-6-4-8-30-13)12(9-22)18(27)25-21/h4,6,8H,2-3,5,7,10H2,1H3,(H,23,26)(H,24,25,27). The third kappa shape index (κ3) is 4.32. The minimum Gasteiger partial charge on any atom is -0.463 e. The largest absolute Gasteiger partial charge is 0.463 e. The van der Waals surface area contributed by atoms with Crippen LogP contribution in [-0.4, -0.2) is 34.2 Å². The molecule has 11 heteroatoms. The van der Waals surface area contributed by atoms with E-state index in [1.54, 1.807) is 19.1 Å². The predicted molar refractivity (Wildman–Crippen MR) is 119 cm³/mol. The number of ether oxygens (including phenoxy) is 1. The van der Waals surface area contributed by atoms with Crippen molar-refractivity contribution in [1.29, 1.82) is 5.26 Å². The van der Waals surface area contributed by atoms with Gasteiger partial charge in [0.15, 0.2) is 10.9 Å².